The van der Waals surface area contributed by atoms with Crippen LogP contribution in [0.4, 0.5) is 4.79 Å². The number of nitrogens with zero attached hydrogens (tertiary/aromatic N) is 1. The first-order valence-electron chi connectivity index (χ1n) is 5.78. The van der Waals surface area contributed by atoms with E-state index in [4.69, 9.17) is 9.84 Å². The van der Waals surface area contributed by atoms with Gasteiger partial charge in [-0.3, -0.25) is 4.79 Å². The highest BCUT2D eigenvalue weighted by molar-refractivity contribution is 5.75. The zero-order valence-electron chi connectivity index (χ0n) is 10.3. The number of carbonyl (C=O) groups excluding carboxylic acids is 1. The molecule has 0 spiro atoms. The highest BCUT2D eigenvalue weighted by Gasteiger charge is 2.30. The highest BCUT2D eigenvalue weighted by Crippen LogP contribution is 2.25. The van der Waals surface area contributed by atoms with Crippen molar-refractivity contribution in [3.63, 3.8) is 0 Å². The molecule has 1 saturated carbocycles. The molecule has 0 heterocycles. The largest absolute Gasteiger partial charge is 0.481 e. The lowest BCUT2D eigenvalue weighted by Gasteiger charge is -2.20. The number of carboxylic acid groups (broad SMARTS) is 1. The number of ether oxygens (including phenoxy) is 1. The molecule has 0 unspecified atom stereocenters. The van der Waals surface area contributed by atoms with Gasteiger partial charge in [0.1, 0.15) is 0 Å². The van der Waals surface area contributed by atoms with Crippen molar-refractivity contribution in [2.45, 2.75) is 25.3 Å². The van der Waals surface area contributed by atoms with Gasteiger partial charge in [-0.1, -0.05) is 0 Å². The maximum atomic E-state index is 11.7. The van der Waals surface area contributed by atoms with E-state index in [1.54, 1.807) is 14.2 Å². The van der Waals surface area contributed by atoms with Gasteiger partial charge >= 0.3 is 12.0 Å². The summed E-state index contributed by atoms with van der Waals surface area (Å²) in [6, 6.07) is -0.188. The molecule has 17 heavy (non-hydrogen) atoms. The minimum absolute atomic E-state index is 0.0198. The zero-order chi connectivity index (χ0) is 12.8. The van der Waals surface area contributed by atoms with Gasteiger partial charge in [0.25, 0.3) is 0 Å². The smallest absolute Gasteiger partial charge is 0.317 e. The van der Waals surface area contributed by atoms with Gasteiger partial charge in [0.15, 0.2) is 0 Å². The number of rotatable bonds is 5. The first-order chi connectivity index (χ1) is 8.04. The van der Waals surface area contributed by atoms with Crippen molar-refractivity contribution >= 4 is 12.0 Å². The minimum atomic E-state index is -0.769. The van der Waals surface area contributed by atoms with E-state index in [-0.39, 0.29) is 18.0 Å². The van der Waals surface area contributed by atoms with Crippen molar-refractivity contribution in [1.82, 2.24) is 10.2 Å². The average Bonchev–Trinajstić information content (AvgIpc) is 2.74. The predicted octanol–water partition coefficient (Wildman–Crippen LogP) is 0.528. The Bertz CT molecular complexity index is 283. The molecule has 1 fully saturated rings. The quantitative estimate of drug-likeness (QED) is 0.739. The van der Waals surface area contributed by atoms with Gasteiger partial charge in [-0.15, -0.1) is 0 Å². The molecule has 1 aliphatic carbocycles. The van der Waals surface area contributed by atoms with Crippen LogP contribution in [0.5, 0.6) is 0 Å². The van der Waals surface area contributed by atoms with Gasteiger partial charge in [0.2, 0.25) is 0 Å². The summed E-state index contributed by atoms with van der Waals surface area (Å²) in [4.78, 5) is 24.0. The van der Waals surface area contributed by atoms with Crippen LogP contribution in [0.15, 0.2) is 0 Å². The normalized spacial score (nSPS) is 23.4. The van der Waals surface area contributed by atoms with E-state index >= 15 is 0 Å². The maximum Gasteiger partial charge on any atom is 0.317 e. The third kappa shape index (κ3) is 4.22. The molecule has 1 rings (SSSR count). The van der Waals surface area contributed by atoms with Crippen LogP contribution < -0.4 is 5.32 Å². The number of amides is 2. The van der Waals surface area contributed by atoms with Gasteiger partial charge in [0, 0.05) is 26.7 Å². The average molecular weight is 244 g/mol. The van der Waals surface area contributed by atoms with E-state index in [1.807, 2.05) is 0 Å². The first kappa shape index (κ1) is 13.8. The van der Waals surface area contributed by atoms with Crippen molar-refractivity contribution in [1.29, 1.82) is 0 Å². The summed E-state index contributed by atoms with van der Waals surface area (Å²) < 4.78 is 4.88. The van der Waals surface area contributed by atoms with Gasteiger partial charge < -0.3 is 20.1 Å². The molecule has 2 N–H and O–H groups in total. The topological polar surface area (TPSA) is 78.9 Å². The molecule has 0 saturated heterocycles. The van der Waals surface area contributed by atoms with Crippen LogP contribution in [0.3, 0.4) is 0 Å². The molecule has 0 aromatic rings. The monoisotopic (exact) mass is 244 g/mol. The Morgan fingerprint density at radius 2 is 2.18 bits per heavy atom. The van der Waals surface area contributed by atoms with E-state index in [0.29, 0.717) is 26.0 Å². The van der Waals surface area contributed by atoms with Crippen LogP contribution >= 0.6 is 0 Å². The molecule has 2 atom stereocenters. The second-order valence-electron chi connectivity index (χ2n) is 4.41. The van der Waals surface area contributed by atoms with Crippen LogP contribution in [0, 0.1) is 5.92 Å². The lowest BCUT2D eigenvalue weighted by atomic mass is 10.1. The van der Waals surface area contributed by atoms with E-state index in [2.05, 4.69) is 5.32 Å². The van der Waals surface area contributed by atoms with Crippen LogP contribution in [0.1, 0.15) is 19.3 Å². The molecule has 2 amide bonds. The number of hydrogen-bond acceptors (Lipinski definition) is 3. The minimum Gasteiger partial charge on any atom is -0.481 e. The predicted molar refractivity (Wildman–Crippen MR) is 61.8 cm³/mol. The second-order valence-corrected chi connectivity index (χ2v) is 4.41. The molecule has 6 heteroatoms. The molecule has 0 aliphatic heterocycles. The van der Waals surface area contributed by atoms with Crippen LogP contribution in [-0.4, -0.2) is 55.4 Å². The number of urea groups is 1. The number of likely N-dealkylation sites (N-methyl/N-ethyl adjacent to an activating group) is 1. The summed E-state index contributed by atoms with van der Waals surface area (Å²) in [5.74, 6) is -1.08. The molecule has 0 aromatic heterocycles. The van der Waals surface area contributed by atoms with E-state index in [1.165, 1.54) is 4.90 Å². The van der Waals surface area contributed by atoms with Crippen molar-refractivity contribution in [3.05, 3.63) is 0 Å². The van der Waals surface area contributed by atoms with Gasteiger partial charge in [-0.05, 0) is 19.3 Å². The third-order valence-corrected chi connectivity index (χ3v) is 3.09. The second kappa shape index (κ2) is 6.44. The number of carbonyl (C=O) groups is 2. The Morgan fingerprint density at radius 3 is 2.71 bits per heavy atom. The fourth-order valence-electron chi connectivity index (χ4n) is 1.95. The standard InChI is InChI=1S/C11H20N2O4/c1-13(5-6-17-2)11(16)12-9-4-3-8(7-9)10(14)15/h8-9H,3-7H2,1-2H3,(H,12,16)(H,14,15)/t8-,9+/m1/s1. The van der Waals surface area contributed by atoms with Crippen molar-refractivity contribution in [3.8, 4) is 0 Å². The van der Waals surface area contributed by atoms with Crippen molar-refractivity contribution in [2.75, 3.05) is 27.3 Å². The maximum absolute atomic E-state index is 11.7. The lowest BCUT2D eigenvalue weighted by molar-refractivity contribution is -0.141. The Labute approximate surface area is 101 Å². The summed E-state index contributed by atoms with van der Waals surface area (Å²) >= 11 is 0. The van der Waals surface area contributed by atoms with Crippen LogP contribution in [0.25, 0.3) is 0 Å². The van der Waals surface area contributed by atoms with Crippen LogP contribution in [-0.2, 0) is 9.53 Å². The molecule has 0 aromatic carbocycles. The molecule has 1 aliphatic rings. The van der Waals surface area contributed by atoms with Gasteiger partial charge in [0.05, 0.1) is 12.5 Å². The molecule has 98 valence electrons. The Morgan fingerprint density at radius 1 is 1.47 bits per heavy atom. The summed E-state index contributed by atoms with van der Waals surface area (Å²) in [7, 11) is 3.28. The van der Waals surface area contributed by atoms with Gasteiger partial charge in [-0.25, -0.2) is 4.79 Å². The number of methoxy groups -OCH3 is 1. The van der Waals surface area contributed by atoms with Crippen molar-refractivity contribution in [2.24, 2.45) is 5.92 Å². The highest BCUT2D eigenvalue weighted by atomic mass is 16.5. The lowest BCUT2D eigenvalue weighted by Crippen LogP contribution is -2.43. The van der Waals surface area contributed by atoms with Crippen molar-refractivity contribution < 1.29 is 19.4 Å². The van der Waals surface area contributed by atoms with Crippen LogP contribution in [0.2, 0.25) is 0 Å². The number of nitrogens with one attached hydrogen (secondary N) is 1. The Hall–Kier alpha value is -1.30. The molecule has 0 radical (unpaired) electrons. The number of hydrogen-bond donors (Lipinski definition) is 2. The number of aliphatic carboxylic acids is 1. The fourth-order valence-corrected chi connectivity index (χ4v) is 1.95. The summed E-state index contributed by atoms with van der Waals surface area (Å²) in [5.41, 5.74) is 0. The SMILES string of the molecule is COCCN(C)C(=O)N[C@H]1CC[C@@H](C(=O)O)C1. The molecule has 0 bridgehead atoms. The van der Waals surface area contributed by atoms with E-state index in [9.17, 15) is 9.59 Å². The Kier molecular flexibility index (Phi) is 5.21. The molecular weight excluding hydrogens is 224 g/mol. The first-order valence-corrected chi connectivity index (χ1v) is 5.78. The summed E-state index contributed by atoms with van der Waals surface area (Å²) in [6.07, 6.45) is 1.90. The van der Waals surface area contributed by atoms with Gasteiger partial charge in [-0.2, -0.15) is 0 Å². The fraction of sp³-hybridized carbons (Fsp3) is 0.818. The third-order valence-electron chi connectivity index (χ3n) is 3.09. The molecular formula is C11H20N2O4. The van der Waals surface area contributed by atoms with E-state index < -0.39 is 5.97 Å². The summed E-state index contributed by atoms with van der Waals surface area (Å²) in [6.45, 7) is 1.02. The zero-order valence-corrected chi connectivity index (χ0v) is 10.3. The summed E-state index contributed by atoms with van der Waals surface area (Å²) in [5, 5.41) is 11.7. The number of carboxylic acids is 1. The Balaban J connectivity index is 2.30. The van der Waals surface area contributed by atoms with E-state index in [0.717, 1.165) is 6.42 Å². The molecule has 6 nitrogen and oxygen atoms in total.